The van der Waals surface area contributed by atoms with Crippen molar-refractivity contribution >= 4 is 21.8 Å². The van der Waals surface area contributed by atoms with E-state index < -0.39 is 5.92 Å². The molecule has 4 nitrogen and oxygen atoms in total. The number of halogens is 2. The molecule has 2 aliphatic rings. The van der Waals surface area contributed by atoms with Gasteiger partial charge in [0, 0.05) is 29.9 Å². The van der Waals surface area contributed by atoms with Crippen LogP contribution in [0.2, 0.25) is 0 Å². The van der Waals surface area contributed by atoms with Crippen molar-refractivity contribution in [2.45, 2.75) is 19.3 Å². The van der Waals surface area contributed by atoms with Crippen LogP contribution in [0, 0.1) is 17.1 Å². The number of carbonyl (C=O) groups excluding carboxylic acids is 1. The predicted molar refractivity (Wildman–Crippen MR) is 82.9 cm³/mol. The lowest BCUT2D eigenvalue weighted by molar-refractivity contribution is -0.118. The number of hydrogen-bond donors (Lipinski definition) is 2. The number of allylic oxidation sites excluding steroid dienone is 2. The number of carbonyl (C=O) groups is 1. The lowest BCUT2D eigenvalue weighted by Crippen LogP contribution is -2.40. The van der Waals surface area contributed by atoms with E-state index in [1.54, 1.807) is 12.1 Å². The molecular formula is C16H13BrFN3O. The Morgan fingerprint density at radius 3 is 2.91 bits per heavy atom. The first-order valence-corrected chi connectivity index (χ1v) is 7.66. The van der Waals surface area contributed by atoms with Gasteiger partial charge in [0.05, 0.1) is 22.0 Å². The smallest absolute Gasteiger partial charge is 0.249 e. The van der Waals surface area contributed by atoms with Crippen molar-refractivity contribution in [2.24, 2.45) is 0 Å². The molecule has 1 unspecified atom stereocenters. The summed E-state index contributed by atoms with van der Waals surface area (Å²) in [6.45, 7) is 2.39. The fourth-order valence-corrected chi connectivity index (χ4v) is 3.33. The van der Waals surface area contributed by atoms with Crippen LogP contribution in [-0.2, 0) is 4.79 Å². The van der Waals surface area contributed by atoms with Gasteiger partial charge < -0.3 is 10.6 Å². The van der Waals surface area contributed by atoms with Gasteiger partial charge in [0.15, 0.2) is 0 Å². The summed E-state index contributed by atoms with van der Waals surface area (Å²) in [5.74, 6) is -1.03. The summed E-state index contributed by atoms with van der Waals surface area (Å²) in [6.07, 6.45) is 0.690. The second-order valence-corrected chi connectivity index (χ2v) is 6.13. The van der Waals surface area contributed by atoms with E-state index in [0.717, 1.165) is 17.0 Å². The molecular weight excluding hydrogens is 349 g/mol. The molecule has 1 aromatic carbocycles. The average Bonchev–Trinajstić information content (AvgIpc) is 2.49. The Bertz CT molecular complexity index is 776. The van der Waals surface area contributed by atoms with Crippen molar-refractivity contribution in [3.63, 3.8) is 0 Å². The van der Waals surface area contributed by atoms with Crippen molar-refractivity contribution in [1.29, 1.82) is 5.26 Å². The first kappa shape index (κ1) is 14.8. The van der Waals surface area contributed by atoms with Crippen molar-refractivity contribution in [2.75, 3.05) is 6.54 Å². The summed E-state index contributed by atoms with van der Waals surface area (Å²) in [6, 6.07) is 6.77. The molecule has 0 aliphatic carbocycles. The first-order valence-electron chi connectivity index (χ1n) is 6.87. The van der Waals surface area contributed by atoms with Crippen LogP contribution in [0.3, 0.4) is 0 Å². The van der Waals surface area contributed by atoms with E-state index in [4.69, 9.17) is 0 Å². The van der Waals surface area contributed by atoms with Crippen LogP contribution in [0.25, 0.3) is 0 Å². The monoisotopic (exact) mass is 361 g/mol. The third kappa shape index (κ3) is 2.32. The molecule has 1 amide bonds. The Labute approximate surface area is 135 Å². The molecule has 112 valence electrons. The number of nitrogens with one attached hydrogen (secondary N) is 2. The maximum Gasteiger partial charge on any atom is 0.249 e. The summed E-state index contributed by atoms with van der Waals surface area (Å²) in [7, 11) is 0. The topological polar surface area (TPSA) is 64.9 Å². The molecule has 0 aromatic heterocycles. The largest absolute Gasteiger partial charge is 0.361 e. The molecule has 0 bridgehead atoms. The summed E-state index contributed by atoms with van der Waals surface area (Å²) < 4.78 is 13.8. The Morgan fingerprint density at radius 1 is 1.45 bits per heavy atom. The van der Waals surface area contributed by atoms with E-state index in [9.17, 15) is 14.4 Å². The highest BCUT2D eigenvalue weighted by molar-refractivity contribution is 9.10. The molecule has 0 saturated carbocycles. The van der Waals surface area contributed by atoms with E-state index in [-0.39, 0.29) is 11.7 Å². The SMILES string of the molecule is CC1=C(C#N)C(c2ccc(F)c(Br)c2)C2=C(CCNC2=O)N1. The molecule has 2 N–H and O–H groups in total. The van der Waals surface area contributed by atoms with Gasteiger partial charge in [-0.2, -0.15) is 5.26 Å². The molecule has 22 heavy (non-hydrogen) atoms. The molecule has 3 rings (SSSR count). The third-order valence-electron chi connectivity index (χ3n) is 3.95. The highest BCUT2D eigenvalue weighted by Crippen LogP contribution is 2.40. The zero-order valence-electron chi connectivity index (χ0n) is 11.8. The normalized spacial score (nSPS) is 21.0. The van der Waals surface area contributed by atoms with Crippen molar-refractivity contribution in [3.8, 4) is 6.07 Å². The predicted octanol–water partition coefficient (Wildman–Crippen LogP) is 2.85. The maximum atomic E-state index is 13.5. The van der Waals surface area contributed by atoms with Crippen LogP contribution in [0.1, 0.15) is 24.8 Å². The van der Waals surface area contributed by atoms with Gasteiger partial charge in [-0.25, -0.2) is 4.39 Å². The molecule has 0 saturated heterocycles. The van der Waals surface area contributed by atoms with Crippen molar-refractivity contribution in [3.05, 3.63) is 56.6 Å². The molecule has 1 aromatic rings. The third-order valence-corrected chi connectivity index (χ3v) is 4.56. The van der Waals surface area contributed by atoms with Gasteiger partial charge in [-0.3, -0.25) is 4.79 Å². The average molecular weight is 362 g/mol. The molecule has 2 heterocycles. The number of nitriles is 1. The maximum absolute atomic E-state index is 13.5. The minimum Gasteiger partial charge on any atom is -0.361 e. The van der Waals surface area contributed by atoms with Crippen molar-refractivity contribution in [1.82, 2.24) is 10.6 Å². The molecule has 6 heteroatoms. The Balaban J connectivity index is 2.20. The van der Waals surface area contributed by atoms with E-state index in [1.807, 2.05) is 6.92 Å². The molecule has 1 atom stereocenters. The fourth-order valence-electron chi connectivity index (χ4n) is 2.93. The van der Waals surface area contributed by atoms with Crippen LogP contribution in [0.4, 0.5) is 4.39 Å². The highest BCUT2D eigenvalue weighted by atomic mass is 79.9. The van der Waals surface area contributed by atoms with E-state index in [2.05, 4.69) is 32.6 Å². The Hall–Kier alpha value is -2.13. The van der Waals surface area contributed by atoms with Gasteiger partial charge in [0.25, 0.3) is 0 Å². The second-order valence-electron chi connectivity index (χ2n) is 5.28. The summed E-state index contributed by atoms with van der Waals surface area (Å²) in [5, 5.41) is 15.5. The van der Waals surface area contributed by atoms with Crippen molar-refractivity contribution < 1.29 is 9.18 Å². The standard InChI is InChI=1S/C16H13BrFN3O/c1-8-10(7-19)14(9-2-3-12(18)11(17)6-9)15-13(21-8)4-5-20-16(15)22/h2-3,6,14,21H,4-5H2,1H3,(H,20,22). The number of amides is 1. The highest BCUT2D eigenvalue weighted by Gasteiger charge is 2.36. The quantitative estimate of drug-likeness (QED) is 0.808. The van der Waals surface area contributed by atoms with Gasteiger partial charge in [-0.1, -0.05) is 6.07 Å². The zero-order valence-corrected chi connectivity index (χ0v) is 13.4. The van der Waals surface area contributed by atoms with Gasteiger partial charge in [-0.15, -0.1) is 0 Å². The first-order chi connectivity index (χ1) is 10.5. The number of rotatable bonds is 1. The minimum absolute atomic E-state index is 0.181. The number of dihydropyridines is 1. The van der Waals surface area contributed by atoms with Crippen LogP contribution in [0.15, 0.2) is 45.2 Å². The summed E-state index contributed by atoms with van der Waals surface area (Å²) in [4.78, 5) is 12.3. The van der Waals surface area contributed by atoms with Gasteiger partial charge in [-0.05, 0) is 40.5 Å². The molecule has 0 radical (unpaired) electrons. The van der Waals surface area contributed by atoms with Crippen LogP contribution in [0.5, 0.6) is 0 Å². The lowest BCUT2D eigenvalue weighted by atomic mass is 9.79. The molecule has 0 spiro atoms. The Kier molecular flexibility index (Phi) is 3.75. The number of hydrogen-bond acceptors (Lipinski definition) is 3. The van der Waals surface area contributed by atoms with Crippen LogP contribution >= 0.6 is 15.9 Å². The van der Waals surface area contributed by atoms with E-state index >= 15 is 0 Å². The summed E-state index contributed by atoms with van der Waals surface area (Å²) in [5.41, 5.74) is 3.32. The lowest BCUT2D eigenvalue weighted by Gasteiger charge is -2.33. The van der Waals surface area contributed by atoms with E-state index in [0.29, 0.717) is 28.6 Å². The molecule has 0 fully saturated rings. The van der Waals surface area contributed by atoms with E-state index in [1.165, 1.54) is 6.07 Å². The summed E-state index contributed by atoms with van der Waals surface area (Å²) >= 11 is 3.17. The van der Waals surface area contributed by atoms with Gasteiger partial charge in [0.1, 0.15) is 5.82 Å². The van der Waals surface area contributed by atoms with Crippen LogP contribution in [-0.4, -0.2) is 12.5 Å². The minimum atomic E-state index is -0.474. The van der Waals surface area contributed by atoms with Gasteiger partial charge in [0.2, 0.25) is 5.91 Å². The second kappa shape index (κ2) is 5.58. The number of benzene rings is 1. The zero-order chi connectivity index (χ0) is 15.9. The number of nitrogens with zero attached hydrogens (tertiary/aromatic N) is 1. The fraction of sp³-hybridized carbons (Fsp3) is 0.250. The molecule has 2 aliphatic heterocycles. The van der Waals surface area contributed by atoms with Crippen LogP contribution < -0.4 is 10.6 Å². The van der Waals surface area contributed by atoms with Gasteiger partial charge >= 0.3 is 0 Å². The Morgan fingerprint density at radius 2 is 2.23 bits per heavy atom.